The highest BCUT2D eigenvalue weighted by atomic mass is 79.9. The molecule has 0 spiro atoms. The van der Waals surface area contributed by atoms with Gasteiger partial charge in [-0.15, -0.1) is 0 Å². The van der Waals surface area contributed by atoms with Gasteiger partial charge in [0.1, 0.15) is 5.82 Å². The molecule has 6 heteroatoms. The zero-order valence-corrected chi connectivity index (χ0v) is 13.0. The Kier molecular flexibility index (Phi) is 4.56. The predicted molar refractivity (Wildman–Crippen MR) is 74.7 cm³/mol. The monoisotopic (exact) mass is 337 g/mol. The summed E-state index contributed by atoms with van der Waals surface area (Å²) >= 11 is 3.30. The minimum absolute atomic E-state index is 0.290. The van der Waals surface area contributed by atoms with E-state index in [9.17, 15) is 12.8 Å². The molecule has 1 rings (SSSR count). The zero-order valence-electron chi connectivity index (χ0n) is 10.6. The number of nitrogens with two attached hydrogens (primary N) is 1. The summed E-state index contributed by atoms with van der Waals surface area (Å²) in [5, 5.41) is 0. The summed E-state index contributed by atoms with van der Waals surface area (Å²) < 4.78 is 36.2. The molecule has 1 aromatic rings. The van der Waals surface area contributed by atoms with Crippen LogP contribution in [0.25, 0.3) is 0 Å². The van der Waals surface area contributed by atoms with Gasteiger partial charge in [0.2, 0.25) is 0 Å². The fraction of sp³-hybridized carbons (Fsp3) is 0.500. The molecule has 0 bridgehead atoms. The molecule has 0 amide bonds. The van der Waals surface area contributed by atoms with Crippen molar-refractivity contribution in [2.45, 2.75) is 31.1 Å². The van der Waals surface area contributed by atoms with Crippen LogP contribution in [0.5, 0.6) is 0 Å². The number of rotatable bonds is 4. The molecule has 102 valence electrons. The maximum Gasteiger partial charge on any atom is 0.154 e. The topological polar surface area (TPSA) is 60.2 Å². The summed E-state index contributed by atoms with van der Waals surface area (Å²) in [6.45, 7) is 3.17. The van der Waals surface area contributed by atoms with Gasteiger partial charge in [0, 0.05) is 16.8 Å². The third kappa shape index (κ3) is 3.30. The minimum atomic E-state index is -3.28. The zero-order chi connectivity index (χ0) is 14.1. The van der Waals surface area contributed by atoms with Crippen molar-refractivity contribution in [2.75, 3.05) is 6.26 Å². The Morgan fingerprint density at radius 3 is 2.50 bits per heavy atom. The molecule has 0 heterocycles. The van der Waals surface area contributed by atoms with Crippen LogP contribution in [-0.4, -0.2) is 25.5 Å². The summed E-state index contributed by atoms with van der Waals surface area (Å²) in [5.41, 5.74) is 6.63. The smallest absolute Gasteiger partial charge is 0.154 e. The van der Waals surface area contributed by atoms with Crippen LogP contribution in [0.3, 0.4) is 0 Å². The molecular formula is C12H17BrFNO2S. The van der Waals surface area contributed by atoms with Crippen LogP contribution in [0.1, 0.15) is 19.4 Å². The van der Waals surface area contributed by atoms with Crippen molar-refractivity contribution in [1.29, 1.82) is 0 Å². The van der Waals surface area contributed by atoms with E-state index >= 15 is 0 Å². The van der Waals surface area contributed by atoms with Gasteiger partial charge in [0.05, 0.1) is 4.75 Å². The van der Waals surface area contributed by atoms with E-state index < -0.39 is 20.6 Å². The van der Waals surface area contributed by atoms with Crippen LogP contribution in [0, 0.1) is 5.82 Å². The molecule has 0 aliphatic rings. The van der Waals surface area contributed by atoms with E-state index in [2.05, 4.69) is 15.9 Å². The van der Waals surface area contributed by atoms with Crippen LogP contribution in [0.4, 0.5) is 4.39 Å². The van der Waals surface area contributed by atoms with Gasteiger partial charge in [-0.1, -0.05) is 15.9 Å². The lowest BCUT2D eigenvalue weighted by molar-refractivity contribution is 0.481. The number of hydrogen-bond acceptors (Lipinski definition) is 3. The Bertz CT molecular complexity index is 543. The molecule has 0 aromatic heterocycles. The SMILES string of the molecule is CC(C)(C(N)Cc1cc(F)ccc1Br)S(C)(=O)=O. The highest BCUT2D eigenvalue weighted by Crippen LogP contribution is 2.25. The molecule has 1 unspecified atom stereocenters. The van der Waals surface area contributed by atoms with Crippen molar-refractivity contribution >= 4 is 25.8 Å². The van der Waals surface area contributed by atoms with E-state index in [4.69, 9.17) is 5.73 Å². The fourth-order valence-electron chi connectivity index (χ4n) is 1.46. The van der Waals surface area contributed by atoms with Crippen LogP contribution in [0.2, 0.25) is 0 Å². The van der Waals surface area contributed by atoms with Crippen molar-refractivity contribution in [2.24, 2.45) is 5.73 Å². The van der Waals surface area contributed by atoms with Gasteiger partial charge in [-0.25, -0.2) is 12.8 Å². The number of hydrogen-bond donors (Lipinski definition) is 1. The van der Waals surface area contributed by atoms with Gasteiger partial charge in [-0.2, -0.15) is 0 Å². The van der Waals surface area contributed by atoms with Crippen molar-refractivity contribution in [3.63, 3.8) is 0 Å². The third-order valence-corrected chi connectivity index (χ3v) is 6.28. The van der Waals surface area contributed by atoms with Crippen LogP contribution in [-0.2, 0) is 16.3 Å². The highest BCUT2D eigenvalue weighted by molar-refractivity contribution is 9.10. The van der Waals surface area contributed by atoms with Gasteiger partial charge in [0.25, 0.3) is 0 Å². The van der Waals surface area contributed by atoms with E-state index in [1.54, 1.807) is 19.9 Å². The van der Waals surface area contributed by atoms with Gasteiger partial charge in [-0.05, 0) is 44.0 Å². The molecule has 0 saturated heterocycles. The van der Waals surface area contributed by atoms with Crippen LogP contribution < -0.4 is 5.73 Å². The Labute approximate surface area is 116 Å². The van der Waals surface area contributed by atoms with E-state index in [1.807, 2.05) is 0 Å². The van der Waals surface area contributed by atoms with Crippen molar-refractivity contribution in [1.82, 2.24) is 0 Å². The second kappa shape index (κ2) is 5.27. The number of sulfone groups is 1. The standard InChI is InChI=1S/C12H17BrFNO2S/c1-12(2,18(3,16)17)11(15)7-8-6-9(14)4-5-10(8)13/h4-6,11H,7,15H2,1-3H3. The Hall–Kier alpha value is -0.460. The first-order chi connectivity index (χ1) is 8.05. The van der Waals surface area contributed by atoms with Crippen molar-refractivity contribution in [3.8, 4) is 0 Å². The molecule has 2 N–H and O–H groups in total. The molecular weight excluding hydrogens is 321 g/mol. The Morgan fingerprint density at radius 1 is 1.44 bits per heavy atom. The van der Waals surface area contributed by atoms with Crippen molar-refractivity contribution in [3.05, 3.63) is 34.1 Å². The first-order valence-electron chi connectivity index (χ1n) is 5.45. The molecule has 18 heavy (non-hydrogen) atoms. The lowest BCUT2D eigenvalue weighted by atomic mass is 9.96. The minimum Gasteiger partial charge on any atom is -0.326 e. The molecule has 0 radical (unpaired) electrons. The second-order valence-corrected chi connectivity index (χ2v) is 8.37. The maximum atomic E-state index is 13.1. The predicted octanol–water partition coefficient (Wildman–Crippen LogP) is 2.28. The molecule has 0 aliphatic heterocycles. The summed E-state index contributed by atoms with van der Waals surface area (Å²) in [6.07, 6.45) is 1.45. The average Bonchev–Trinajstić information content (AvgIpc) is 2.21. The normalized spacial score (nSPS) is 14.6. The summed E-state index contributed by atoms with van der Waals surface area (Å²) in [7, 11) is -3.28. The number of halogens is 2. The van der Waals surface area contributed by atoms with Crippen LogP contribution >= 0.6 is 15.9 Å². The number of benzene rings is 1. The molecule has 1 aromatic carbocycles. The first-order valence-corrected chi connectivity index (χ1v) is 8.13. The lowest BCUT2D eigenvalue weighted by Crippen LogP contribution is -2.50. The molecule has 1 atom stereocenters. The maximum absolute atomic E-state index is 13.1. The van der Waals surface area contributed by atoms with Gasteiger partial charge in [0.15, 0.2) is 9.84 Å². The van der Waals surface area contributed by atoms with E-state index in [0.29, 0.717) is 12.0 Å². The lowest BCUT2D eigenvalue weighted by Gasteiger charge is -2.30. The molecule has 3 nitrogen and oxygen atoms in total. The van der Waals surface area contributed by atoms with E-state index in [1.165, 1.54) is 12.1 Å². The quantitative estimate of drug-likeness (QED) is 0.916. The van der Waals surface area contributed by atoms with Gasteiger partial charge < -0.3 is 5.73 Å². The molecule has 0 fully saturated rings. The Balaban J connectivity index is 3.02. The fourth-order valence-corrected chi connectivity index (χ4v) is 2.50. The first kappa shape index (κ1) is 15.6. The highest BCUT2D eigenvalue weighted by Gasteiger charge is 2.36. The largest absolute Gasteiger partial charge is 0.326 e. The van der Waals surface area contributed by atoms with E-state index in [-0.39, 0.29) is 5.82 Å². The molecule has 0 saturated carbocycles. The second-order valence-electron chi connectivity index (χ2n) is 4.92. The van der Waals surface area contributed by atoms with E-state index in [0.717, 1.165) is 10.7 Å². The Morgan fingerprint density at radius 2 is 2.00 bits per heavy atom. The van der Waals surface area contributed by atoms with Crippen molar-refractivity contribution < 1.29 is 12.8 Å². The van der Waals surface area contributed by atoms with Crippen LogP contribution in [0.15, 0.2) is 22.7 Å². The molecule has 0 aliphatic carbocycles. The summed E-state index contributed by atoms with van der Waals surface area (Å²) in [6, 6.07) is 3.68. The average molecular weight is 338 g/mol. The van der Waals surface area contributed by atoms with Gasteiger partial charge in [-0.3, -0.25) is 0 Å². The summed E-state index contributed by atoms with van der Waals surface area (Å²) in [4.78, 5) is 0. The summed E-state index contributed by atoms with van der Waals surface area (Å²) in [5.74, 6) is -0.363. The van der Waals surface area contributed by atoms with Gasteiger partial charge >= 0.3 is 0 Å². The third-order valence-electron chi connectivity index (χ3n) is 3.30.